The van der Waals surface area contributed by atoms with E-state index >= 15 is 0 Å². The predicted molar refractivity (Wildman–Crippen MR) is 69.7 cm³/mol. The van der Waals surface area contributed by atoms with Gasteiger partial charge < -0.3 is 31.3 Å². The number of aliphatic hydroxyl groups is 4. The maximum atomic E-state index is 8.92. The molecule has 6 nitrogen and oxygen atoms in total. The summed E-state index contributed by atoms with van der Waals surface area (Å²) in [6.45, 7) is 0.350. The lowest BCUT2D eigenvalue weighted by molar-refractivity contribution is -0.0442. The summed E-state index contributed by atoms with van der Waals surface area (Å²) in [4.78, 5) is 0. The minimum atomic E-state index is -0.0811. The quantitative estimate of drug-likeness (QED) is 0.344. The van der Waals surface area contributed by atoms with Gasteiger partial charge in [-0.05, 0) is 38.5 Å². The predicted octanol–water partition coefficient (Wildman–Crippen LogP) is 0.212. The van der Waals surface area contributed by atoms with Crippen LogP contribution in [-0.4, -0.2) is 59.1 Å². The maximum absolute atomic E-state index is 8.92. The molecule has 0 heterocycles. The molecule has 112 valence electrons. The van der Waals surface area contributed by atoms with E-state index in [-0.39, 0.29) is 44.8 Å². The van der Waals surface area contributed by atoms with Gasteiger partial charge in [0.25, 0.3) is 0 Å². The average molecular weight is 267 g/mol. The number of aliphatic hydroxyl groups excluding tert-OH is 4. The second-order valence-electron chi connectivity index (χ2n) is 4.14. The summed E-state index contributed by atoms with van der Waals surface area (Å²) in [7, 11) is 0. The summed E-state index contributed by atoms with van der Waals surface area (Å²) in [5, 5.41) is 35.4. The van der Waals surface area contributed by atoms with Crippen molar-refractivity contribution in [1.29, 1.82) is 0 Å². The zero-order valence-electron chi connectivity index (χ0n) is 11.1. The van der Waals surface area contributed by atoms with Gasteiger partial charge in [-0.1, -0.05) is 0 Å². The molecule has 0 aliphatic heterocycles. The molecule has 0 amide bonds. The Morgan fingerprint density at radius 1 is 0.611 bits per heavy atom. The zero-order valence-corrected chi connectivity index (χ0v) is 11.1. The van der Waals surface area contributed by atoms with Crippen molar-refractivity contribution in [1.82, 2.24) is 6.15 Å². The summed E-state index contributed by atoms with van der Waals surface area (Å²) < 4.78 is 5.79. The van der Waals surface area contributed by atoms with Gasteiger partial charge in [-0.15, -0.1) is 0 Å². The van der Waals surface area contributed by atoms with E-state index in [1.807, 2.05) is 0 Å². The summed E-state index contributed by atoms with van der Waals surface area (Å²) in [6, 6.07) is 0. The van der Waals surface area contributed by atoms with Gasteiger partial charge in [0.2, 0.25) is 0 Å². The molecule has 0 radical (unpaired) electrons. The first-order chi connectivity index (χ1) is 8.28. The molecule has 2 atom stereocenters. The van der Waals surface area contributed by atoms with E-state index in [4.69, 9.17) is 25.2 Å². The van der Waals surface area contributed by atoms with E-state index in [1.54, 1.807) is 0 Å². The van der Waals surface area contributed by atoms with Crippen molar-refractivity contribution in [2.75, 3.05) is 26.4 Å². The van der Waals surface area contributed by atoms with Crippen LogP contribution in [0, 0.1) is 0 Å². The van der Waals surface area contributed by atoms with Gasteiger partial charge in [-0.3, -0.25) is 0 Å². The highest BCUT2D eigenvalue weighted by Gasteiger charge is 2.15. The number of hydrogen-bond donors (Lipinski definition) is 5. The molecular formula is C12H29NO5. The molecule has 18 heavy (non-hydrogen) atoms. The minimum absolute atomic E-state index is 0. The fraction of sp³-hybridized carbons (Fsp3) is 1.00. The molecule has 0 aliphatic carbocycles. The van der Waals surface area contributed by atoms with Crippen molar-refractivity contribution in [2.45, 2.75) is 50.7 Å². The minimum Gasteiger partial charge on any atom is -0.396 e. The van der Waals surface area contributed by atoms with Crippen LogP contribution in [0.15, 0.2) is 0 Å². The Morgan fingerprint density at radius 2 is 1.00 bits per heavy atom. The van der Waals surface area contributed by atoms with Crippen LogP contribution in [0.4, 0.5) is 0 Å². The molecule has 0 saturated carbocycles. The fourth-order valence-electron chi connectivity index (χ4n) is 1.76. The zero-order chi connectivity index (χ0) is 12.9. The molecule has 0 fully saturated rings. The van der Waals surface area contributed by atoms with E-state index < -0.39 is 0 Å². The lowest BCUT2D eigenvalue weighted by atomic mass is 10.1. The SMILES string of the molecule is N.OCCCC(CCO)OC(CCO)CCCO. The van der Waals surface area contributed by atoms with Gasteiger partial charge in [0.1, 0.15) is 0 Å². The van der Waals surface area contributed by atoms with Gasteiger partial charge >= 0.3 is 0 Å². The Bertz CT molecular complexity index is 143. The van der Waals surface area contributed by atoms with Gasteiger partial charge in [0.05, 0.1) is 12.2 Å². The molecule has 0 rings (SSSR count). The standard InChI is InChI=1S/C12H26O5.H3N/c13-7-1-3-11(5-9-15)17-12(6-10-16)4-2-8-14;/h11-16H,1-10H2;1H3. The van der Waals surface area contributed by atoms with Crippen molar-refractivity contribution < 1.29 is 25.2 Å². The van der Waals surface area contributed by atoms with Crippen molar-refractivity contribution in [2.24, 2.45) is 0 Å². The Morgan fingerprint density at radius 3 is 1.28 bits per heavy atom. The smallest absolute Gasteiger partial charge is 0.0601 e. The lowest BCUT2D eigenvalue weighted by Gasteiger charge is -2.24. The highest BCUT2D eigenvalue weighted by Crippen LogP contribution is 2.15. The highest BCUT2D eigenvalue weighted by atomic mass is 16.5. The molecule has 0 aliphatic rings. The third-order valence-corrected chi connectivity index (χ3v) is 2.66. The van der Waals surface area contributed by atoms with Crippen LogP contribution >= 0.6 is 0 Å². The Hall–Kier alpha value is -0.240. The number of rotatable bonds is 12. The van der Waals surface area contributed by atoms with Crippen LogP contribution in [0.5, 0.6) is 0 Å². The third kappa shape index (κ3) is 10.9. The van der Waals surface area contributed by atoms with Gasteiger partial charge in [-0.25, -0.2) is 0 Å². The topological polar surface area (TPSA) is 125 Å². The van der Waals surface area contributed by atoms with Gasteiger partial charge in [0.15, 0.2) is 0 Å². The van der Waals surface area contributed by atoms with E-state index in [0.717, 1.165) is 0 Å². The van der Waals surface area contributed by atoms with Crippen molar-refractivity contribution in [3.63, 3.8) is 0 Å². The Kier molecular flexibility index (Phi) is 16.5. The van der Waals surface area contributed by atoms with Crippen molar-refractivity contribution >= 4 is 0 Å². The fourth-order valence-corrected chi connectivity index (χ4v) is 1.76. The average Bonchev–Trinajstić information content (AvgIpc) is 2.33. The highest BCUT2D eigenvalue weighted by molar-refractivity contribution is 4.64. The first kappa shape index (κ1) is 20.1. The summed E-state index contributed by atoms with van der Waals surface area (Å²) in [5.74, 6) is 0. The monoisotopic (exact) mass is 267 g/mol. The molecule has 7 N–H and O–H groups in total. The summed E-state index contributed by atoms with van der Waals surface area (Å²) in [5.41, 5.74) is 0. The molecular weight excluding hydrogens is 238 g/mol. The van der Waals surface area contributed by atoms with Crippen molar-refractivity contribution in [3.05, 3.63) is 0 Å². The van der Waals surface area contributed by atoms with E-state index in [2.05, 4.69) is 0 Å². The molecule has 2 unspecified atom stereocenters. The van der Waals surface area contributed by atoms with Crippen LogP contribution in [0.25, 0.3) is 0 Å². The maximum Gasteiger partial charge on any atom is 0.0601 e. The first-order valence-electron chi connectivity index (χ1n) is 6.37. The number of hydrogen-bond acceptors (Lipinski definition) is 6. The molecule has 0 bridgehead atoms. The lowest BCUT2D eigenvalue weighted by Crippen LogP contribution is -2.25. The molecule has 0 saturated heterocycles. The molecule has 0 aromatic heterocycles. The van der Waals surface area contributed by atoms with Crippen LogP contribution in [0.1, 0.15) is 38.5 Å². The third-order valence-electron chi connectivity index (χ3n) is 2.66. The van der Waals surface area contributed by atoms with Gasteiger partial charge in [-0.2, -0.15) is 0 Å². The summed E-state index contributed by atoms with van der Waals surface area (Å²) in [6.07, 6.45) is 3.63. The second kappa shape index (κ2) is 14.8. The van der Waals surface area contributed by atoms with Crippen LogP contribution < -0.4 is 6.15 Å². The van der Waals surface area contributed by atoms with E-state index in [9.17, 15) is 0 Å². The van der Waals surface area contributed by atoms with E-state index in [0.29, 0.717) is 38.5 Å². The molecule has 0 spiro atoms. The Labute approximate surface area is 109 Å². The van der Waals surface area contributed by atoms with E-state index in [1.165, 1.54) is 0 Å². The van der Waals surface area contributed by atoms with Crippen LogP contribution in [0.3, 0.4) is 0 Å². The number of ether oxygens (including phenoxy) is 1. The van der Waals surface area contributed by atoms with Crippen LogP contribution in [0.2, 0.25) is 0 Å². The van der Waals surface area contributed by atoms with Crippen LogP contribution in [-0.2, 0) is 4.74 Å². The summed E-state index contributed by atoms with van der Waals surface area (Å²) >= 11 is 0. The molecule has 0 aromatic rings. The molecule has 0 aromatic carbocycles. The van der Waals surface area contributed by atoms with Gasteiger partial charge in [0, 0.05) is 26.4 Å². The first-order valence-corrected chi connectivity index (χ1v) is 6.37. The van der Waals surface area contributed by atoms with Crippen molar-refractivity contribution in [3.8, 4) is 0 Å². The second-order valence-corrected chi connectivity index (χ2v) is 4.14. The normalized spacial score (nSPS) is 14.0. The Balaban J connectivity index is 0. The molecule has 6 heteroatoms. The largest absolute Gasteiger partial charge is 0.396 e.